The quantitative estimate of drug-likeness (QED) is 0.226. The molecule has 0 rings (SSSR count). The van der Waals surface area contributed by atoms with Gasteiger partial charge < -0.3 is 25.8 Å². The Morgan fingerprint density at radius 3 is 2.00 bits per heavy atom. The second-order valence-electron chi connectivity index (χ2n) is 10.8. The first kappa shape index (κ1) is 34.3. The number of likely N-dealkylation sites (N-methyl/N-ethyl adjacent to an activating group) is 2. The van der Waals surface area contributed by atoms with Gasteiger partial charge in [0, 0.05) is 14.2 Å². The number of nitrogens with zero attached hydrogens (tertiary/aromatic N) is 2. The third-order valence-corrected chi connectivity index (χ3v) is 7.15. The van der Waals surface area contributed by atoms with Crippen LogP contribution in [0.25, 0.3) is 0 Å². The molecular formula is C27H54N4O5. The number of carbonyl (C=O) groups is 3. The van der Waals surface area contributed by atoms with Crippen LogP contribution in [-0.4, -0.2) is 91.2 Å². The minimum Gasteiger partial charge on any atom is -0.481 e. The van der Waals surface area contributed by atoms with Gasteiger partial charge in [-0.2, -0.15) is 0 Å². The van der Waals surface area contributed by atoms with Crippen LogP contribution in [0, 0.1) is 17.8 Å². The smallest absolute Gasteiger partial charge is 0.306 e. The molecule has 0 aliphatic carbocycles. The molecule has 9 nitrogen and oxygen atoms in total. The van der Waals surface area contributed by atoms with Crippen molar-refractivity contribution < 1.29 is 24.2 Å². The minimum atomic E-state index is -0.976. The fourth-order valence-corrected chi connectivity index (χ4v) is 4.88. The highest BCUT2D eigenvalue weighted by atomic mass is 16.5. The molecule has 5 atom stereocenters. The number of hydrogen-bond donors (Lipinski definition) is 3. The molecule has 0 saturated carbocycles. The second kappa shape index (κ2) is 17.7. The summed E-state index contributed by atoms with van der Waals surface area (Å²) in [5.41, 5.74) is 5.58. The van der Waals surface area contributed by atoms with Crippen molar-refractivity contribution in [3.05, 3.63) is 0 Å². The van der Waals surface area contributed by atoms with Crippen molar-refractivity contribution in [1.29, 1.82) is 0 Å². The van der Waals surface area contributed by atoms with Gasteiger partial charge in [0.05, 0.1) is 24.6 Å². The average molecular weight is 515 g/mol. The predicted octanol–water partition coefficient (Wildman–Crippen LogP) is 2.97. The van der Waals surface area contributed by atoms with Crippen LogP contribution in [0.15, 0.2) is 0 Å². The van der Waals surface area contributed by atoms with E-state index < -0.39 is 24.2 Å². The molecule has 0 aromatic heterocycles. The van der Waals surface area contributed by atoms with Gasteiger partial charge >= 0.3 is 5.97 Å². The Labute approximate surface area is 219 Å². The lowest BCUT2D eigenvalue weighted by Crippen LogP contribution is -2.59. The molecule has 36 heavy (non-hydrogen) atoms. The topological polar surface area (TPSA) is 125 Å². The van der Waals surface area contributed by atoms with Crippen LogP contribution in [0.2, 0.25) is 0 Å². The largest absolute Gasteiger partial charge is 0.481 e. The fourth-order valence-electron chi connectivity index (χ4n) is 4.88. The molecule has 0 aromatic carbocycles. The van der Waals surface area contributed by atoms with Crippen molar-refractivity contribution in [1.82, 2.24) is 15.1 Å². The van der Waals surface area contributed by atoms with E-state index in [1.165, 1.54) is 7.11 Å². The normalized spacial score (nSPS) is 16.0. The van der Waals surface area contributed by atoms with Crippen LogP contribution in [0.4, 0.5) is 0 Å². The zero-order valence-electron chi connectivity index (χ0n) is 24.3. The summed E-state index contributed by atoms with van der Waals surface area (Å²) >= 11 is 0. The zero-order chi connectivity index (χ0) is 28.0. The number of carboxylic acids is 1. The van der Waals surface area contributed by atoms with Crippen molar-refractivity contribution in [3.8, 4) is 0 Å². The molecule has 0 bridgehead atoms. The average Bonchev–Trinajstić information content (AvgIpc) is 2.80. The highest BCUT2D eigenvalue weighted by molar-refractivity contribution is 5.90. The number of carboxylic acid groups (broad SMARTS) is 1. The standard InChI is InChI=1S/C27H54N4O5/c1-10-20(6)25(21(36-9)17-22(32)33)31(8)27(35)23(18(2)3)29-26(34)24(19(4)5)30(7)16-14-12-11-13-15-28/h18-21,23-25H,10-17,28H2,1-9H3,(H,29,34)(H,32,33)/t20-,21+,23-,24-,25-/m0/s1. The monoisotopic (exact) mass is 514 g/mol. The van der Waals surface area contributed by atoms with Crippen LogP contribution in [-0.2, 0) is 19.1 Å². The summed E-state index contributed by atoms with van der Waals surface area (Å²) in [7, 11) is 5.11. The number of nitrogens with one attached hydrogen (secondary N) is 1. The Bertz CT molecular complexity index is 658. The van der Waals surface area contributed by atoms with Crippen LogP contribution in [0.5, 0.6) is 0 Å². The number of aliphatic carboxylic acids is 1. The molecule has 0 unspecified atom stereocenters. The number of methoxy groups -OCH3 is 1. The van der Waals surface area contributed by atoms with Gasteiger partial charge in [-0.15, -0.1) is 0 Å². The fraction of sp³-hybridized carbons (Fsp3) is 0.889. The first-order chi connectivity index (χ1) is 16.8. The number of carbonyl (C=O) groups excluding carboxylic acids is 2. The molecule has 0 aliphatic heterocycles. The van der Waals surface area contributed by atoms with Gasteiger partial charge in [0.15, 0.2) is 0 Å². The summed E-state index contributed by atoms with van der Waals surface area (Å²) < 4.78 is 5.53. The lowest BCUT2D eigenvalue weighted by atomic mass is 9.90. The number of nitrogens with two attached hydrogens (primary N) is 1. The first-order valence-electron chi connectivity index (χ1n) is 13.6. The molecule has 2 amide bonds. The van der Waals surface area contributed by atoms with E-state index in [9.17, 15) is 19.5 Å². The van der Waals surface area contributed by atoms with Crippen molar-refractivity contribution in [2.75, 3.05) is 34.3 Å². The lowest BCUT2D eigenvalue weighted by Gasteiger charge is -2.40. The number of rotatable bonds is 19. The molecule has 0 fully saturated rings. The summed E-state index contributed by atoms with van der Waals surface area (Å²) in [6, 6.07) is -1.52. The van der Waals surface area contributed by atoms with E-state index in [2.05, 4.69) is 10.2 Å². The third kappa shape index (κ3) is 11.1. The summed E-state index contributed by atoms with van der Waals surface area (Å²) in [5.74, 6) is -1.43. The zero-order valence-corrected chi connectivity index (χ0v) is 24.3. The summed E-state index contributed by atoms with van der Waals surface area (Å²) in [5, 5.41) is 12.4. The van der Waals surface area contributed by atoms with E-state index in [1.807, 2.05) is 48.6 Å². The van der Waals surface area contributed by atoms with Gasteiger partial charge in [-0.1, -0.05) is 60.8 Å². The molecule has 9 heteroatoms. The Morgan fingerprint density at radius 2 is 1.56 bits per heavy atom. The molecular weight excluding hydrogens is 460 g/mol. The Morgan fingerprint density at radius 1 is 0.972 bits per heavy atom. The molecule has 4 N–H and O–H groups in total. The number of amides is 2. The van der Waals surface area contributed by atoms with E-state index in [0.29, 0.717) is 6.54 Å². The van der Waals surface area contributed by atoms with Gasteiger partial charge in [0.1, 0.15) is 6.04 Å². The maximum absolute atomic E-state index is 13.7. The number of hydrogen-bond acceptors (Lipinski definition) is 6. The maximum atomic E-state index is 13.7. The van der Waals surface area contributed by atoms with Gasteiger partial charge in [0.25, 0.3) is 0 Å². The van der Waals surface area contributed by atoms with Crippen LogP contribution in [0.3, 0.4) is 0 Å². The van der Waals surface area contributed by atoms with Gasteiger partial charge in [-0.05, 0) is 50.7 Å². The van der Waals surface area contributed by atoms with Crippen molar-refractivity contribution >= 4 is 17.8 Å². The minimum absolute atomic E-state index is 0.0144. The van der Waals surface area contributed by atoms with Gasteiger partial charge in [-0.25, -0.2) is 0 Å². The molecule has 212 valence electrons. The van der Waals surface area contributed by atoms with E-state index >= 15 is 0 Å². The van der Waals surface area contributed by atoms with E-state index in [4.69, 9.17) is 10.5 Å². The molecule has 0 aromatic rings. The summed E-state index contributed by atoms with van der Waals surface area (Å²) in [4.78, 5) is 42.3. The second-order valence-corrected chi connectivity index (χ2v) is 10.8. The lowest BCUT2D eigenvalue weighted by molar-refractivity contribution is -0.148. The van der Waals surface area contributed by atoms with Crippen molar-refractivity contribution in [2.45, 2.75) is 104 Å². The third-order valence-electron chi connectivity index (χ3n) is 7.15. The van der Waals surface area contributed by atoms with E-state index in [0.717, 1.165) is 38.6 Å². The van der Waals surface area contributed by atoms with E-state index in [1.54, 1.807) is 11.9 Å². The Hall–Kier alpha value is -1.71. The highest BCUT2D eigenvalue weighted by Crippen LogP contribution is 2.23. The van der Waals surface area contributed by atoms with Crippen LogP contribution < -0.4 is 11.1 Å². The molecule has 0 radical (unpaired) electrons. The van der Waals surface area contributed by atoms with Crippen molar-refractivity contribution in [3.63, 3.8) is 0 Å². The number of ether oxygens (including phenoxy) is 1. The van der Waals surface area contributed by atoms with Crippen molar-refractivity contribution in [2.24, 2.45) is 23.5 Å². The number of unbranched alkanes of at least 4 members (excludes halogenated alkanes) is 3. The van der Waals surface area contributed by atoms with Crippen LogP contribution in [0.1, 0.15) is 80.1 Å². The molecule has 0 heterocycles. The van der Waals surface area contributed by atoms with E-state index in [-0.39, 0.29) is 42.0 Å². The molecule has 0 saturated heterocycles. The molecule has 0 aliphatic rings. The highest BCUT2D eigenvalue weighted by Gasteiger charge is 2.38. The SMILES string of the molecule is CC[C@H](C)[C@@H]([C@@H](CC(=O)O)OC)N(C)C(=O)[C@@H](NC(=O)[C@H](C(C)C)N(C)CCCCCCN)C(C)C. The molecule has 0 spiro atoms. The van der Waals surface area contributed by atoms with Crippen LogP contribution >= 0.6 is 0 Å². The van der Waals surface area contributed by atoms with Gasteiger partial charge in [-0.3, -0.25) is 19.3 Å². The summed E-state index contributed by atoms with van der Waals surface area (Å²) in [6.07, 6.45) is 4.06. The Kier molecular flexibility index (Phi) is 16.9. The Balaban J connectivity index is 5.67. The maximum Gasteiger partial charge on any atom is 0.306 e. The predicted molar refractivity (Wildman–Crippen MR) is 145 cm³/mol. The van der Waals surface area contributed by atoms with Gasteiger partial charge in [0.2, 0.25) is 11.8 Å². The first-order valence-corrected chi connectivity index (χ1v) is 13.6. The summed E-state index contributed by atoms with van der Waals surface area (Å²) in [6.45, 7) is 13.3.